The molecule has 27 heavy (non-hydrogen) atoms. The smallest absolute Gasteiger partial charge is 0.340 e. The summed E-state index contributed by atoms with van der Waals surface area (Å²) in [5.41, 5.74) is 0.552. The third kappa shape index (κ3) is 10.8. The first kappa shape index (κ1) is 23.3. The molecule has 0 saturated heterocycles. The molecular weight excluding hydrogens is 336 g/mol. The Morgan fingerprint density at radius 1 is 0.852 bits per heavy atom. The molecule has 0 heterocycles. The van der Waals surface area contributed by atoms with Crippen LogP contribution in [0.4, 0.5) is 0 Å². The van der Waals surface area contributed by atoms with E-state index in [0.29, 0.717) is 5.56 Å². The second-order valence-corrected chi connectivity index (χ2v) is 7.48. The van der Waals surface area contributed by atoms with Crippen molar-refractivity contribution in [1.82, 2.24) is 0 Å². The minimum atomic E-state index is -1.09. The number of allylic oxidation sites excluding steroid dienone is 1. The van der Waals surface area contributed by atoms with Gasteiger partial charge in [0.25, 0.3) is 0 Å². The predicted molar refractivity (Wildman–Crippen MR) is 114 cm³/mol. The van der Waals surface area contributed by atoms with Crippen molar-refractivity contribution in [2.75, 3.05) is 0 Å². The van der Waals surface area contributed by atoms with Crippen LogP contribution >= 0.6 is 0 Å². The van der Waals surface area contributed by atoms with Crippen molar-refractivity contribution in [3.8, 4) is 5.75 Å². The highest BCUT2D eigenvalue weighted by atomic mass is 16.4. The van der Waals surface area contributed by atoms with Crippen molar-refractivity contribution < 1.29 is 15.0 Å². The lowest BCUT2D eigenvalue weighted by molar-refractivity contribution is 0.0693. The molecule has 0 atom stereocenters. The van der Waals surface area contributed by atoms with E-state index in [9.17, 15) is 15.0 Å². The minimum absolute atomic E-state index is 0.0147. The molecule has 0 aliphatic carbocycles. The Hall–Kier alpha value is -1.77. The average Bonchev–Trinajstić information content (AvgIpc) is 2.64. The van der Waals surface area contributed by atoms with Crippen molar-refractivity contribution in [2.24, 2.45) is 0 Å². The lowest BCUT2D eigenvalue weighted by Gasteiger charge is -2.04. The largest absolute Gasteiger partial charge is 0.507 e. The summed E-state index contributed by atoms with van der Waals surface area (Å²) in [7, 11) is 0. The third-order valence-corrected chi connectivity index (χ3v) is 5.06. The minimum Gasteiger partial charge on any atom is -0.507 e. The van der Waals surface area contributed by atoms with Crippen LogP contribution in [-0.4, -0.2) is 16.2 Å². The van der Waals surface area contributed by atoms with Crippen molar-refractivity contribution in [2.45, 2.75) is 96.8 Å². The zero-order valence-corrected chi connectivity index (χ0v) is 17.1. The third-order valence-electron chi connectivity index (χ3n) is 5.06. The standard InChI is InChI=1S/C24H38O3/c1-2-3-4-5-6-7-8-9-10-11-12-13-14-15-16-18-21-19-17-20-22(25)23(21)24(26)27/h16-20,25H,2-15H2,1H3,(H,26,27). The molecule has 1 aromatic carbocycles. The molecular formula is C24H38O3. The summed E-state index contributed by atoms with van der Waals surface area (Å²) in [6, 6.07) is 4.81. The lowest BCUT2D eigenvalue weighted by atomic mass is 10.0. The monoisotopic (exact) mass is 374 g/mol. The number of benzene rings is 1. The number of hydrogen-bond donors (Lipinski definition) is 2. The van der Waals surface area contributed by atoms with Crippen molar-refractivity contribution in [3.63, 3.8) is 0 Å². The fourth-order valence-electron chi connectivity index (χ4n) is 3.42. The van der Waals surface area contributed by atoms with Crippen LogP contribution in [0.2, 0.25) is 0 Å². The summed E-state index contributed by atoms with van der Waals surface area (Å²) in [6.45, 7) is 2.26. The Morgan fingerprint density at radius 2 is 1.37 bits per heavy atom. The molecule has 0 amide bonds. The number of unbranched alkanes of at least 4 members (excludes halogenated alkanes) is 13. The van der Waals surface area contributed by atoms with E-state index in [-0.39, 0.29) is 11.3 Å². The summed E-state index contributed by atoms with van der Waals surface area (Å²) in [5, 5.41) is 18.9. The van der Waals surface area contributed by atoms with Gasteiger partial charge in [-0.3, -0.25) is 0 Å². The first-order valence-corrected chi connectivity index (χ1v) is 10.9. The number of carboxylic acids is 1. The van der Waals surface area contributed by atoms with Crippen LogP contribution in [0.1, 0.15) is 113 Å². The van der Waals surface area contributed by atoms with Gasteiger partial charge < -0.3 is 10.2 Å². The Labute approximate surface area is 165 Å². The predicted octanol–water partition coefficient (Wildman–Crippen LogP) is 7.58. The van der Waals surface area contributed by atoms with E-state index in [1.54, 1.807) is 12.1 Å². The molecule has 3 heteroatoms. The number of rotatable bonds is 16. The summed E-state index contributed by atoms with van der Waals surface area (Å²) in [5.74, 6) is -1.26. The van der Waals surface area contributed by atoms with Crippen molar-refractivity contribution in [1.29, 1.82) is 0 Å². The van der Waals surface area contributed by atoms with E-state index < -0.39 is 5.97 Å². The van der Waals surface area contributed by atoms with Gasteiger partial charge in [-0.2, -0.15) is 0 Å². The molecule has 0 fully saturated rings. The molecule has 0 aromatic heterocycles. The van der Waals surface area contributed by atoms with Crippen LogP contribution in [0.15, 0.2) is 24.3 Å². The number of carboxylic acid groups (broad SMARTS) is 1. The summed E-state index contributed by atoms with van der Waals surface area (Å²) in [4.78, 5) is 11.2. The molecule has 0 bridgehead atoms. The maximum absolute atomic E-state index is 11.2. The van der Waals surface area contributed by atoms with Crippen LogP contribution in [0, 0.1) is 0 Å². The molecule has 0 radical (unpaired) electrons. The highest BCUT2D eigenvalue weighted by Crippen LogP contribution is 2.22. The molecule has 1 aromatic rings. The van der Waals surface area contributed by atoms with Gasteiger partial charge >= 0.3 is 5.97 Å². The number of aromatic hydroxyl groups is 1. The van der Waals surface area contributed by atoms with Crippen molar-refractivity contribution in [3.05, 3.63) is 35.4 Å². The second kappa shape index (κ2) is 15.3. The van der Waals surface area contributed by atoms with Gasteiger partial charge in [-0.1, -0.05) is 108 Å². The fraction of sp³-hybridized carbons (Fsp3) is 0.625. The molecule has 0 spiro atoms. The van der Waals surface area contributed by atoms with E-state index in [1.807, 2.05) is 12.2 Å². The van der Waals surface area contributed by atoms with Crippen LogP contribution in [0.25, 0.3) is 6.08 Å². The van der Waals surface area contributed by atoms with Gasteiger partial charge in [0.2, 0.25) is 0 Å². The Morgan fingerprint density at radius 3 is 1.89 bits per heavy atom. The molecule has 1 rings (SSSR count). The molecule has 3 nitrogen and oxygen atoms in total. The maximum atomic E-state index is 11.2. The van der Waals surface area contributed by atoms with E-state index in [4.69, 9.17) is 0 Å². The van der Waals surface area contributed by atoms with Gasteiger partial charge in [0.1, 0.15) is 11.3 Å². The summed E-state index contributed by atoms with van der Waals surface area (Å²) >= 11 is 0. The fourth-order valence-corrected chi connectivity index (χ4v) is 3.42. The van der Waals surface area contributed by atoms with Crippen LogP contribution in [0.5, 0.6) is 5.75 Å². The van der Waals surface area contributed by atoms with E-state index in [2.05, 4.69) is 6.92 Å². The number of aromatic carboxylic acids is 1. The average molecular weight is 375 g/mol. The Bertz CT molecular complexity index is 549. The topological polar surface area (TPSA) is 57.5 Å². The first-order chi connectivity index (χ1) is 13.2. The SMILES string of the molecule is CCCCCCCCCCCCCCCC=Cc1cccc(O)c1C(=O)O. The number of hydrogen-bond acceptors (Lipinski definition) is 2. The molecule has 0 unspecified atom stereocenters. The van der Waals surface area contributed by atoms with E-state index in [0.717, 1.165) is 12.8 Å². The van der Waals surface area contributed by atoms with Gasteiger partial charge in [-0.25, -0.2) is 4.79 Å². The Kier molecular flexibility index (Phi) is 13.2. The summed E-state index contributed by atoms with van der Waals surface area (Å²) < 4.78 is 0. The highest BCUT2D eigenvalue weighted by molar-refractivity contribution is 5.95. The van der Waals surface area contributed by atoms with Gasteiger partial charge in [-0.15, -0.1) is 0 Å². The van der Waals surface area contributed by atoms with Gasteiger partial charge in [0.05, 0.1) is 0 Å². The normalized spacial score (nSPS) is 11.3. The zero-order chi connectivity index (χ0) is 19.7. The van der Waals surface area contributed by atoms with Crippen molar-refractivity contribution >= 4 is 12.0 Å². The van der Waals surface area contributed by atoms with E-state index in [1.165, 1.54) is 83.1 Å². The number of carbonyl (C=O) groups is 1. The quantitative estimate of drug-likeness (QED) is 0.293. The zero-order valence-electron chi connectivity index (χ0n) is 17.1. The lowest BCUT2D eigenvalue weighted by Crippen LogP contribution is -1.99. The van der Waals surface area contributed by atoms with Crippen LogP contribution in [-0.2, 0) is 0 Å². The number of phenols is 1. The van der Waals surface area contributed by atoms with Gasteiger partial charge in [0.15, 0.2) is 0 Å². The molecule has 0 aliphatic rings. The van der Waals surface area contributed by atoms with E-state index >= 15 is 0 Å². The first-order valence-electron chi connectivity index (χ1n) is 10.9. The second-order valence-electron chi connectivity index (χ2n) is 7.48. The molecule has 152 valence electrons. The molecule has 0 aliphatic heterocycles. The Balaban J connectivity index is 2.01. The van der Waals surface area contributed by atoms with Gasteiger partial charge in [-0.05, 0) is 24.5 Å². The summed E-state index contributed by atoms with van der Waals surface area (Å²) in [6.07, 6.45) is 22.2. The molecule has 0 saturated carbocycles. The van der Waals surface area contributed by atoms with Gasteiger partial charge in [0, 0.05) is 0 Å². The maximum Gasteiger partial charge on any atom is 0.340 e. The van der Waals surface area contributed by atoms with Crippen LogP contribution in [0.3, 0.4) is 0 Å². The highest BCUT2D eigenvalue weighted by Gasteiger charge is 2.12. The molecule has 2 N–H and O–H groups in total. The van der Waals surface area contributed by atoms with Crippen LogP contribution < -0.4 is 0 Å².